The molecule has 1 atom stereocenters. The van der Waals surface area contributed by atoms with Crippen LogP contribution in [-0.2, 0) is 4.74 Å². The maximum atomic E-state index is 6.29. The van der Waals surface area contributed by atoms with Crippen molar-refractivity contribution < 1.29 is 4.74 Å². The smallest absolute Gasteiger partial charge is 0.228 e. The van der Waals surface area contributed by atoms with Crippen LogP contribution in [-0.4, -0.2) is 66.9 Å². The molecule has 0 saturated carbocycles. The van der Waals surface area contributed by atoms with Crippen LogP contribution in [0.4, 0.5) is 17.6 Å². The average molecular weight is 465 g/mol. The Kier molecular flexibility index (Phi) is 6.33. The molecule has 2 fully saturated rings. The zero-order valence-electron chi connectivity index (χ0n) is 19.1. The van der Waals surface area contributed by atoms with Crippen molar-refractivity contribution in [2.45, 2.75) is 19.9 Å². The third-order valence-corrected chi connectivity index (χ3v) is 6.55. The molecule has 2 saturated heterocycles. The number of hydrogen-bond donors (Lipinski definition) is 0. The number of aromatic nitrogens is 3. The number of benzene rings is 1. The number of ether oxygens (including phenoxy) is 1. The maximum absolute atomic E-state index is 6.29. The normalized spacial score (nSPS) is 19.1. The van der Waals surface area contributed by atoms with E-state index in [4.69, 9.17) is 26.3 Å². The van der Waals surface area contributed by atoms with Gasteiger partial charge < -0.3 is 19.4 Å². The first-order valence-electron chi connectivity index (χ1n) is 11.5. The molecule has 0 aliphatic carbocycles. The largest absolute Gasteiger partial charge is 0.378 e. The Hall–Kier alpha value is -2.90. The second-order valence-electron chi connectivity index (χ2n) is 8.65. The van der Waals surface area contributed by atoms with E-state index in [1.165, 1.54) is 5.56 Å². The summed E-state index contributed by atoms with van der Waals surface area (Å²) in [6.45, 7) is 9.99. The van der Waals surface area contributed by atoms with Crippen molar-refractivity contribution in [2.75, 3.05) is 60.6 Å². The Morgan fingerprint density at radius 1 is 0.970 bits per heavy atom. The molecule has 0 unspecified atom stereocenters. The van der Waals surface area contributed by atoms with Gasteiger partial charge in [-0.25, -0.2) is 9.97 Å². The fourth-order valence-corrected chi connectivity index (χ4v) is 4.76. The van der Waals surface area contributed by atoms with Crippen LogP contribution < -0.4 is 14.7 Å². The van der Waals surface area contributed by atoms with Crippen molar-refractivity contribution in [1.82, 2.24) is 15.0 Å². The Bertz CT molecular complexity index is 1120. The van der Waals surface area contributed by atoms with Gasteiger partial charge in [-0.1, -0.05) is 29.8 Å². The summed E-state index contributed by atoms with van der Waals surface area (Å²) < 4.78 is 5.54. The Balaban J connectivity index is 1.46. The van der Waals surface area contributed by atoms with E-state index in [1.54, 1.807) is 0 Å². The highest BCUT2D eigenvalue weighted by molar-refractivity contribution is 6.30. The van der Waals surface area contributed by atoms with Gasteiger partial charge >= 0.3 is 0 Å². The molecule has 2 aliphatic rings. The van der Waals surface area contributed by atoms with E-state index in [9.17, 15) is 0 Å². The molecule has 0 N–H and O–H groups in total. The average Bonchev–Trinajstić information content (AvgIpc) is 2.84. The molecule has 0 radical (unpaired) electrons. The van der Waals surface area contributed by atoms with Gasteiger partial charge in [-0.2, -0.15) is 4.98 Å². The molecule has 3 aromatic rings. The Morgan fingerprint density at radius 2 is 1.82 bits per heavy atom. The van der Waals surface area contributed by atoms with E-state index in [0.717, 1.165) is 61.6 Å². The minimum atomic E-state index is 0.278. The monoisotopic (exact) mass is 464 g/mol. The molecule has 1 aromatic carbocycles. The molecule has 33 heavy (non-hydrogen) atoms. The van der Waals surface area contributed by atoms with Gasteiger partial charge in [0.1, 0.15) is 11.6 Å². The lowest BCUT2D eigenvalue weighted by Crippen LogP contribution is -2.53. The van der Waals surface area contributed by atoms with Crippen LogP contribution in [0.1, 0.15) is 12.5 Å². The molecule has 8 heteroatoms. The number of anilines is 3. The highest BCUT2D eigenvalue weighted by Gasteiger charge is 2.28. The van der Waals surface area contributed by atoms with E-state index in [0.29, 0.717) is 18.2 Å². The number of rotatable bonds is 4. The summed E-state index contributed by atoms with van der Waals surface area (Å²) in [5.74, 6) is 2.77. The topological polar surface area (TPSA) is 57.6 Å². The van der Waals surface area contributed by atoms with Crippen LogP contribution in [0.25, 0.3) is 11.3 Å². The van der Waals surface area contributed by atoms with Gasteiger partial charge in [-0.15, -0.1) is 0 Å². The number of piperazine rings is 1. The fraction of sp³-hybridized carbons (Fsp3) is 0.400. The van der Waals surface area contributed by atoms with Gasteiger partial charge in [0.05, 0.1) is 18.9 Å². The molecule has 4 heterocycles. The molecule has 2 aliphatic heterocycles. The van der Waals surface area contributed by atoms with Crippen LogP contribution in [0, 0.1) is 6.92 Å². The first kappa shape index (κ1) is 21.9. The third-order valence-electron chi connectivity index (χ3n) is 6.32. The summed E-state index contributed by atoms with van der Waals surface area (Å²) >= 11 is 6.29. The molecule has 0 amide bonds. The SMILES string of the molecule is Cc1cccnc1N1CCN(c2cc(-c3cccc(Cl)c3)nc(N3CCOCC3)n2)[C@H](C)C1. The molecular weight excluding hydrogens is 436 g/mol. The van der Waals surface area contributed by atoms with Gasteiger partial charge in [-0.05, 0) is 37.6 Å². The van der Waals surface area contributed by atoms with Crippen molar-refractivity contribution in [3.05, 3.63) is 59.2 Å². The van der Waals surface area contributed by atoms with E-state index in [2.05, 4.69) is 45.7 Å². The second kappa shape index (κ2) is 9.53. The van der Waals surface area contributed by atoms with Crippen LogP contribution in [0.15, 0.2) is 48.7 Å². The number of morpholine rings is 1. The summed E-state index contributed by atoms with van der Waals surface area (Å²) in [4.78, 5) is 21.5. The molecule has 172 valence electrons. The number of aryl methyl sites for hydroxylation is 1. The fourth-order valence-electron chi connectivity index (χ4n) is 4.57. The van der Waals surface area contributed by atoms with Gasteiger partial charge in [0.15, 0.2) is 0 Å². The van der Waals surface area contributed by atoms with Crippen molar-refractivity contribution in [2.24, 2.45) is 0 Å². The van der Waals surface area contributed by atoms with Gasteiger partial charge in [0, 0.05) is 61.6 Å². The molecule has 0 bridgehead atoms. The second-order valence-corrected chi connectivity index (χ2v) is 9.09. The van der Waals surface area contributed by atoms with Gasteiger partial charge in [0.25, 0.3) is 0 Å². The Labute approximate surface area is 200 Å². The van der Waals surface area contributed by atoms with Crippen molar-refractivity contribution >= 4 is 29.2 Å². The van der Waals surface area contributed by atoms with E-state index < -0.39 is 0 Å². The zero-order chi connectivity index (χ0) is 22.8. The first-order chi connectivity index (χ1) is 16.1. The number of pyridine rings is 1. The highest BCUT2D eigenvalue weighted by Crippen LogP contribution is 2.30. The molecular formula is C25H29ClN6O. The van der Waals surface area contributed by atoms with Crippen LogP contribution >= 0.6 is 11.6 Å². The molecule has 0 spiro atoms. The quantitative estimate of drug-likeness (QED) is 0.577. The number of nitrogens with zero attached hydrogens (tertiary/aromatic N) is 6. The van der Waals surface area contributed by atoms with Crippen molar-refractivity contribution in [1.29, 1.82) is 0 Å². The summed E-state index contributed by atoms with van der Waals surface area (Å²) in [5, 5.41) is 0.702. The molecule has 2 aromatic heterocycles. The van der Waals surface area contributed by atoms with Crippen molar-refractivity contribution in [3.8, 4) is 11.3 Å². The Morgan fingerprint density at radius 3 is 2.58 bits per heavy atom. The summed E-state index contributed by atoms with van der Waals surface area (Å²) in [6.07, 6.45) is 1.87. The lowest BCUT2D eigenvalue weighted by atomic mass is 10.1. The van der Waals surface area contributed by atoms with Crippen LogP contribution in [0.3, 0.4) is 0 Å². The molecule has 7 nitrogen and oxygen atoms in total. The summed E-state index contributed by atoms with van der Waals surface area (Å²) in [6, 6.07) is 14.3. The van der Waals surface area contributed by atoms with E-state index in [1.807, 2.05) is 36.5 Å². The molecule has 5 rings (SSSR count). The summed E-state index contributed by atoms with van der Waals surface area (Å²) in [5.41, 5.74) is 3.09. The first-order valence-corrected chi connectivity index (χ1v) is 11.9. The van der Waals surface area contributed by atoms with Crippen LogP contribution in [0.2, 0.25) is 5.02 Å². The predicted molar refractivity (Wildman–Crippen MR) is 134 cm³/mol. The standard InChI is InChI=1S/C25H29ClN6O/c1-18-5-4-8-27-24(18)31-9-10-32(19(2)17-31)23-16-22(20-6-3-7-21(26)15-20)28-25(29-23)30-11-13-33-14-12-30/h3-8,15-16,19H,9-14,17H2,1-2H3/t19-/m1/s1. The van der Waals surface area contributed by atoms with E-state index >= 15 is 0 Å². The minimum Gasteiger partial charge on any atom is -0.378 e. The predicted octanol–water partition coefficient (Wildman–Crippen LogP) is 4.05. The van der Waals surface area contributed by atoms with Crippen molar-refractivity contribution in [3.63, 3.8) is 0 Å². The minimum absolute atomic E-state index is 0.278. The maximum Gasteiger partial charge on any atom is 0.228 e. The lowest BCUT2D eigenvalue weighted by Gasteiger charge is -2.41. The number of halogens is 1. The van der Waals surface area contributed by atoms with E-state index in [-0.39, 0.29) is 6.04 Å². The van der Waals surface area contributed by atoms with Crippen LogP contribution in [0.5, 0.6) is 0 Å². The van der Waals surface area contributed by atoms with Gasteiger partial charge in [0.2, 0.25) is 5.95 Å². The lowest BCUT2D eigenvalue weighted by molar-refractivity contribution is 0.122. The highest BCUT2D eigenvalue weighted by atomic mass is 35.5. The number of hydrogen-bond acceptors (Lipinski definition) is 7. The summed E-state index contributed by atoms with van der Waals surface area (Å²) in [7, 11) is 0. The van der Waals surface area contributed by atoms with Gasteiger partial charge in [-0.3, -0.25) is 0 Å². The zero-order valence-corrected chi connectivity index (χ0v) is 19.9. The third kappa shape index (κ3) is 4.75.